The van der Waals surface area contributed by atoms with Gasteiger partial charge in [0.25, 0.3) is 5.91 Å². The predicted molar refractivity (Wildman–Crippen MR) is 91.1 cm³/mol. The summed E-state index contributed by atoms with van der Waals surface area (Å²) in [5, 5.41) is 0. The number of aromatic nitrogens is 1. The second-order valence-corrected chi connectivity index (χ2v) is 6.01. The van der Waals surface area contributed by atoms with E-state index in [-0.39, 0.29) is 11.9 Å². The Balaban J connectivity index is 1.94. The van der Waals surface area contributed by atoms with E-state index < -0.39 is 0 Å². The van der Waals surface area contributed by atoms with Crippen molar-refractivity contribution < 1.29 is 4.79 Å². The molecule has 1 atom stereocenters. The monoisotopic (exact) mass is 309 g/mol. The minimum atomic E-state index is 0.0694. The van der Waals surface area contributed by atoms with Crippen LogP contribution >= 0.6 is 0 Å². The molecule has 0 bridgehead atoms. The molecule has 0 saturated heterocycles. The van der Waals surface area contributed by atoms with E-state index in [0.717, 1.165) is 30.8 Å². The van der Waals surface area contributed by atoms with E-state index in [4.69, 9.17) is 5.73 Å². The van der Waals surface area contributed by atoms with Crippen LogP contribution in [0.4, 0.5) is 0 Å². The maximum Gasteiger partial charge on any atom is 0.256 e. The number of pyridine rings is 1. The lowest BCUT2D eigenvalue weighted by Gasteiger charge is -2.37. The molecule has 23 heavy (non-hydrogen) atoms. The van der Waals surface area contributed by atoms with Gasteiger partial charge in [-0.15, -0.1) is 0 Å². The van der Waals surface area contributed by atoms with Crippen LogP contribution in [0.25, 0.3) is 0 Å². The van der Waals surface area contributed by atoms with Crippen molar-refractivity contribution in [2.24, 2.45) is 5.73 Å². The summed E-state index contributed by atoms with van der Waals surface area (Å²) in [4.78, 5) is 19.5. The number of nitrogens with zero attached hydrogens (tertiary/aromatic N) is 2. The lowest BCUT2D eigenvalue weighted by Crippen LogP contribution is -2.40. The van der Waals surface area contributed by atoms with Gasteiger partial charge in [-0.2, -0.15) is 0 Å². The second kappa shape index (κ2) is 6.50. The Morgan fingerprint density at radius 2 is 2.09 bits per heavy atom. The number of hydrogen-bond acceptors (Lipinski definition) is 3. The number of nitrogens with two attached hydrogens (primary N) is 1. The van der Waals surface area contributed by atoms with Crippen LogP contribution in [-0.2, 0) is 13.0 Å². The molecule has 2 heterocycles. The number of amides is 1. The summed E-state index contributed by atoms with van der Waals surface area (Å²) in [6.07, 6.45) is 1.82. The zero-order valence-electron chi connectivity index (χ0n) is 13.7. The largest absolute Gasteiger partial charge is 0.331 e. The summed E-state index contributed by atoms with van der Waals surface area (Å²) >= 11 is 0. The van der Waals surface area contributed by atoms with Crippen LogP contribution in [0, 0.1) is 6.92 Å². The minimum absolute atomic E-state index is 0.0694. The van der Waals surface area contributed by atoms with Crippen LogP contribution in [0.2, 0.25) is 0 Å². The van der Waals surface area contributed by atoms with Gasteiger partial charge < -0.3 is 10.6 Å². The summed E-state index contributed by atoms with van der Waals surface area (Å²) in [6, 6.07) is 12.3. The Kier molecular flexibility index (Phi) is 4.44. The molecule has 0 saturated carbocycles. The molecule has 4 nitrogen and oxygen atoms in total. The third-order valence-electron chi connectivity index (χ3n) is 4.64. The number of fused-ring (bicyclic) bond motifs is 1. The Bertz CT molecular complexity index is 726. The van der Waals surface area contributed by atoms with E-state index in [9.17, 15) is 4.79 Å². The molecule has 1 aromatic carbocycles. The number of benzene rings is 1. The van der Waals surface area contributed by atoms with Crippen molar-refractivity contribution in [3.63, 3.8) is 0 Å². The van der Waals surface area contributed by atoms with E-state index in [1.165, 1.54) is 11.1 Å². The number of rotatable bonds is 3. The Morgan fingerprint density at radius 1 is 1.30 bits per heavy atom. The van der Waals surface area contributed by atoms with Gasteiger partial charge in [0.1, 0.15) is 0 Å². The van der Waals surface area contributed by atoms with E-state index in [2.05, 4.69) is 36.2 Å². The van der Waals surface area contributed by atoms with Gasteiger partial charge in [0.2, 0.25) is 0 Å². The molecule has 2 N–H and O–H groups in total. The van der Waals surface area contributed by atoms with Crippen molar-refractivity contribution in [1.82, 2.24) is 9.88 Å². The minimum Gasteiger partial charge on any atom is -0.331 e. The topological polar surface area (TPSA) is 59.2 Å². The van der Waals surface area contributed by atoms with Gasteiger partial charge in [-0.3, -0.25) is 9.78 Å². The number of carbonyl (C=O) groups is 1. The van der Waals surface area contributed by atoms with Gasteiger partial charge in [-0.1, -0.05) is 31.2 Å². The Labute approximate surface area is 137 Å². The van der Waals surface area contributed by atoms with Crippen molar-refractivity contribution in [1.29, 1.82) is 0 Å². The average Bonchev–Trinajstić information content (AvgIpc) is 2.59. The van der Waals surface area contributed by atoms with Gasteiger partial charge in [-0.25, -0.2) is 0 Å². The number of carbonyl (C=O) groups excluding carboxylic acids is 1. The third-order valence-corrected chi connectivity index (χ3v) is 4.64. The highest BCUT2D eigenvalue weighted by molar-refractivity contribution is 5.95. The van der Waals surface area contributed by atoms with E-state index >= 15 is 0 Å². The first-order valence-electron chi connectivity index (χ1n) is 8.21. The SMILES string of the molecule is CC[C@@H]1c2ccccc2CCN1C(=O)c1ccc(CN)nc1C. The molecule has 1 aliphatic rings. The van der Waals surface area contributed by atoms with Gasteiger partial charge in [0, 0.05) is 13.1 Å². The van der Waals surface area contributed by atoms with Crippen molar-refractivity contribution >= 4 is 5.91 Å². The van der Waals surface area contributed by atoms with E-state index in [1.54, 1.807) is 0 Å². The maximum absolute atomic E-state index is 13.1. The molecule has 4 heteroatoms. The van der Waals surface area contributed by atoms with E-state index in [0.29, 0.717) is 12.1 Å². The molecule has 0 unspecified atom stereocenters. The Morgan fingerprint density at radius 3 is 2.78 bits per heavy atom. The number of hydrogen-bond donors (Lipinski definition) is 1. The molecule has 0 radical (unpaired) electrons. The summed E-state index contributed by atoms with van der Waals surface area (Å²) in [7, 11) is 0. The summed E-state index contributed by atoms with van der Waals surface area (Å²) in [5.41, 5.74) is 10.5. The summed E-state index contributed by atoms with van der Waals surface area (Å²) < 4.78 is 0. The highest BCUT2D eigenvalue weighted by Crippen LogP contribution is 2.33. The average molecular weight is 309 g/mol. The first kappa shape index (κ1) is 15.7. The fraction of sp³-hybridized carbons (Fsp3) is 0.368. The van der Waals surface area contributed by atoms with Crippen LogP contribution in [0.3, 0.4) is 0 Å². The lowest BCUT2D eigenvalue weighted by atomic mass is 9.90. The zero-order valence-corrected chi connectivity index (χ0v) is 13.7. The molecule has 3 rings (SSSR count). The molecule has 0 aliphatic carbocycles. The van der Waals surface area contributed by atoms with Gasteiger partial charge in [-0.05, 0) is 43.0 Å². The normalized spacial score (nSPS) is 17.0. The van der Waals surface area contributed by atoms with Gasteiger partial charge in [0.05, 0.1) is 23.0 Å². The molecule has 120 valence electrons. The molecule has 1 aliphatic heterocycles. The number of aryl methyl sites for hydroxylation is 1. The lowest BCUT2D eigenvalue weighted by molar-refractivity contribution is 0.0654. The van der Waals surface area contributed by atoms with Crippen LogP contribution in [0.15, 0.2) is 36.4 Å². The molecule has 0 spiro atoms. The van der Waals surface area contributed by atoms with Crippen molar-refractivity contribution in [3.8, 4) is 0 Å². The van der Waals surface area contributed by atoms with Crippen LogP contribution < -0.4 is 5.73 Å². The third kappa shape index (κ3) is 2.86. The predicted octanol–water partition coefficient (Wildman–Crippen LogP) is 3.00. The smallest absolute Gasteiger partial charge is 0.256 e. The van der Waals surface area contributed by atoms with Gasteiger partial charge in [0.15, 0.2) is 0 Å². The summed E-state index contributed by atoms with van der Waals surface area (Å²) in [6.45, 7) is 5.16. The summed E-state index contributed by atoms with van der Waals surface area (Å²) in [5.74, 6) is 0.0694. The fourth-order valence-corrected chi connectivity index (χ4v) is 3.44. The second-order valence-electron chi connectivity index (χ2n) is 6.01. The molecule has 1 amide bonds. The van der Waals surface area contributed by atoms with Gasteiger partial charge >= 0.3 is 0 Å². The van der Waals surface area contributed by atoms with Crippen molar-refractivity contribution in [3.05, 3.63) is 64.5 Å². The first-order chi connectivity index (χ1) is 11.2. The van der Waals surface area contributed by atoms with Crippen LogP contribution in [0.1, 0.15) is 52.3 Å². The first-order valence-corrected chi connectivity index (χ1v) is 8.21. The van der Waals surface area contributed by atoms with Crippen molar-refractivity contribution in [2.45, 2.75) is 39.3 Å². The Hall–Kier alpha value is -2.20. The zero-order chi connectivity index (χ0) is 16.4. The van der Waals surface area contributed by atoms with E-state index in [1.807, 2.05) is 24.0 Å². The van der Waals surface area contributed by atoms with Crippen LogP contribution in [0.5, 0.6) is 0 Å². The highest BCUT2D eigenvalue weighted by atomic mass is 16.2. The molecular formula is C19H23N3O. The molecule has 1 aromatic heterocycles. The standard InChI is InChI=1S/C19H23N3O/c1-3-18-17-7-5-4-6-14(17)10-11-22(18)19(23)16-9-8-15(12-20)21-13(16)2/h4-9,18H,3,10-12,20H2,1-2H3/t18-/m1/s1. The fourth-order valence-electron chi connectivity index (χ4n) is 3.44. The molecular weight excluding hydrogens is 286 g/mol. The molecule has 2 aromatic rings. The quantitative estimate of drug-likeness (QED) is 0.948. The molecule has 0 fully saturated rings. The maximum atomic E-state index is 13.1. The van der Waals surface area contributed by atoms with Crippen molar-refractivity contribution in [2.75, 3.05) is 6.54 Å². The highest BCUT2D eigenvalue weighted by Gasteiger charge is 2.30. The van der Waals surface area contributed by atoms with Crippen LogP contribution in [-0.4, -0.2) is 22.3 Å².